The molecule has 0 fully saturated rings. The van der Waals surface area contributed by atoms with Crippen LogP contribution in [-0.4, -0.2) is 22.9 Å². The van der Waals surface area contributed by atoms with E-state index in [1.165, 1.54) is 19.2 Å². The van der Waals surface area contributed by atoms with Crippen LogP contribution in [0.15, 0.2) is 42.5 Å². The maximum Gasteiger partial charge on any atom is 0.300 e. The highest BCUT2D eigenvalue weighted by Crippen LogP contribution is 2.28. The molecule has 0 aliphatic rings. The van der Waals surface area contributed by atoms with Gasteiger partial charge in [-0.3, -0.25) is 35.9 Å². The first-order valence-electron chi connectivity index (χ1n) is 6.55. The number of nitro groups is 2. The molecule has 0 spiro atoms. The SMILES string of the molecule is COc1ccc(C(=O)NNc2ccc([N+](=O)[O-])cc2[N+](=O)[O-])cc1. The van der Waals surface area contributed by atoms with Gasteiger partial charge in [-0.05, 0) is 30.3 Å². The topological polar surface area (TPSA) is 137 Å². The summed E-state index contributed by atoms with van der Waals surface area (Å²) >= 11 is 0. The molecule has 0 aliphatic heterocycles. The maximum absolute atomic E-state index is 12.0. The molecule has 2 rings (SSSR count). The van der Waals surface area contributed by atoms with Gasteiger partial charge in [0.25, 0.3) is 11.6 Å². The number of rotatable bonds is 6. The number of nitrogens with one attached hydrogen (secondary N) is 2. The summed E-state index contributed by atoms with van der Waals surface area (Å²) in [6, 6.07) is 9.24. The Hall–Kier alpha value is -3.69. The van der Waals surface area contributed by atoms with Crippen LogP contribution >= 0.6 is 0 Å². The highest BCUT2D eigenvalue weighted by molar-refractivity contribution is 5.95. The summed E-state index contributed by atoms with van der Waals surface area (Å²) in [7, 11) is 1.49. The molecular weight excluding hydrogens is 320 g/mol. The molecule has 10 nitrogen and oxygen atoms in total. The number of amides is 1. The number of carbonyl (C=O) groups excluding carboxylic acids is 1. The molecule has 124 valence electrons. The van der Waals surface area contributed by atoms with Crippen molar-refractivity contribution >= 4 is 23.0 Å². The van der Waals surface area contributed by atoms with E-state index in [-0.39, 0.29) is 5.69 Å². The first-order valence-corrected chi connectivity index (χ1v) is 6.55. The summed E-state index contributed by atoms with van der Waals surface area (Å²) in [6.45, 7) is 0. The van der Waals surface area contributed by atoms with E-state index >= 15 is 0 Å². The van der Waals surface area contributed by atoms with Crippen molar-refractivity contribution in [3.63, 3.8) is 0 Å². The number of hydrogen-bond acceptors (Lipinski definition) is 7. The monoisotopic (exact) mass is 332 g/mol. The third-order valence-corrected chi connectivity index (χ3v) is 3.05. The fourth-order valence-corrected chi connectivity index (χ4v) is 1.83. The second kappa shape index (κ2) is 7.05. The zero-order valence-corrected chi connectivity index (χ0v) is 12.4. The van der Waals surface area contributed by atoms with Crippen molar-refractivity contribution in [2.24, 2.45) is 0 Å². The lowest BCUT2D eigenvalue weighted by molar-refractivity contribution is -0.393. The molecule has 0 saturated heterocycles. The molecule has 0 unspecified atom stereocenters. The summed E-state index contributed by atoms with van der Waals surface area (Å²) in [5.74, 6) is 0.0378. The summed E-state index contributed by atoms with van der Waals surface area (Å²) in [6.07, 6.45) is 0. The number of hydrazine groups is 1. The third kappa shape index (κ3) is 3.74. The van der Waals surface area contributed by atoms with Crippen molar-refractivity contribution in [1.82, 2.24) is 5.43 Å². The first kappa shape index (κ1) is 16.7. The number of carbonyl (C=O) groups is 1. The van der Waals surface area contributed by atoms with Crippen molar-refractivity contribution in [3.8, 4) is 5.75 Å². The minimum absolute atomic E-state index is 0.0764. The molecule has 2 aromatic carbocycles. The lowest BCUT2D eigenvalue weighted by atomic mass is 10.2. The quantitative estimate of drug-likeness (QED) is 0.611. The van der Waals surface area contributed by atoms with Gasteiger partial charge in [0.15, 0.2) is 0 Å². The average Bonchev–Trinajstić information content (AvgIpc) is 2.59. The third-order valence-electron chi connectivity index (χ3n) is 3.05. The van der Waals surface area contributed by atoms with Gasteiger partial charge in [-0.25, -0.2) is 0 Å². The molecule has 2 aromatic rings. The molecule has 1 amide bonds. The van der Waals surface area contributed by atoms with E-state index in [1.54, 1.807) is 12.1 Å². The summed E-state index contributed by atoms with van der Waals surface area (Å²) < 4.78 is 4.97. The molecule has 10 heteroatoms. The van der Waals surface area contributed by atoms with Gasteiger partial charge in [0.2, 0.25) is 0 Å². The van der Waals surface area contributed by atoms with Crippen LogP contribution in [0.4, 0.5) is 17.1 Å². The second-order valence-electron chi connectivity index (χ2n) is 4.52. The van der Waals surface area contributed by atoms with Crippen LogP contribution in [0.5, 0.6) is 5.75 Å². The van der Waals surface area contributed by atoms with Gasteiger partial charge in [0, 0.05) is 11.6 Å². The predicted molar refractivity (Wildman–Crippen MR) is 83.8 cm³/mol. The molecule has 0 radical (unpaired) electrons. The van der Waals surface area contributed by atoms with E-state index in [1.807, 2.05) is 0 Å². The van der Waals surface area contributed by atoms with Crippen molar-refractivity contribution in [2.75, 3.05) is 12.5 Å². The zero-order chi connectivity index (χ0) is 17.7. The Labute approximate surface area is 135 Å². The Morgan fingerprint density at radius 1 is 1.04 bits per heavy atom. The minimum Gasteiger partial charge on any atom is -0.497 e. The van der Waals surface area contributed by atoms with E-state index in [0.29, 0.717) is 11.3 Å². The molecule has 24 heavy (non-hydrogen) atoms. The number of anilines is 1. The van der Waals surface area contributed by atoms with Crippen molar-refractivity contribution in [3.05, 3.63) is 68.3 Å². The number of nitro benzene ring substituents is 2. The maximum atomic E-state index is 12.0. The fraction of sp³-hybridized carbons (Fsp3) is 0.0714. The van der Waals surface area contributed by atoms with Crippen LogP contribution in [0.3, 0.4) is 0 Å². The van der Waals surface area contributed by atoms with Crippen molar-refractivity contribution in [2.45, 2.75) is 0 Å². The first-order chi connectivity index (χ1) is 11.4. The van der Waals surface area contributed by atoms with Crippen LogP contribution in [0, 0.1) is 20.2 Å². The smallest absolute Gasteiger partial charge is 0.300 e. The standard InChI is InChI=1S/C14H12N4O6/c1-24-11-5-2-9(3-6-11)14(19)16-15-12-7-4-10(17(20)21)8-13(12)18(22)23/h2-8,15H,1H3,(H,16,19). The highest BCUT2D eigenvalue weighted by Gasteiger charge is 2.19. The summed E-state index contributed by atoms with van der Waals surface area (Å²) in [5, 5.41) is 21.7. The van der Waals surface area contributed by atoms with Gasteiger partial charge in [-0.2, -0.15) is 0 Å². The fourth-order valence-electron chi connectivity index (χ4n) is 1.83. The number of benzene rings is 2. The Morgan fingerprint density at radius 2 is 1.71 bits per heavy atom. The Kier molecular flexibility index (Phi) is 4.90. The number of hydrogen-bond donors (Lipinski definition) is 2. The molecule has 0 heterocycles. The predicted octanol–water partition coefficient (Wildman–Crippen LogP) is 2.27. The lowest BCUT2D eigenvalue weighted by Crippen LogP contribution is -2.29. The van der Waals surface area contributed by atoms with E-state index in [0.717, 1.165) is 18.2 Å². The van der Waals surface area contributed by atoms with Crippen LogP contribution in [0.25, 0.3) is 0 Å². The Bertz CT molecular complexity index is 790. The summed E-state index contributed by atoms with van der Waals surface area (Å²) in [5.41, 5.74) is 3.96. The van der Waals surface area contributed by atoms with Crippen LogP contribution in [-0.2, 0) is 0 Å². The van der Waals surface area contributed by atoms with Crippen LogP contribution in [0.1, 0.15) is 10.4 Å². The van der Waals surface area contributed by atoms with Gasteiger partial charge >= 0.3 is 5.69 Å². The molecular formula is C14H12N4O6. The van der Waals surface area contributed by atoms with Crippen molar-refractivity contribution < 1.29 is 19.4 Å². The van der Waals surface area contributed by atoms with Gasteiger partial charge in [0.1, 0.15) is 11.4 Å². The number of methoxy groups -OCH3 is 1. The van der Waals surface area contributed by atoms with Gasteiger partial charge in [-0.1, -0.05) is 0 Å². The summed E-state index contributed by atoms with van der Waals surface area (Å²) in [4.78, 5) is 32.1. The van der Waals surface area contributed by atoms with Gasteiger partial charge in [0.05, 0.1) is 23.0 Å². The molecule has 0 saturated carbocycles. The van der Waals surface area contributed by atoms with E-state index < -0.39 is 27.1 Å². The van der Waals surface area contributed by atoms with Crippen molar-refractivity contribution in [1.29, 1.82) is 0 Å². The number of ether oxygens (including phenoxy) is 1. The highest BCUT2D eigenvalue weighted by atomic mass is 16.6. The normalized spacial score (nSPS) is 9.88. The van der Waals surface area contributed by atoms with Crippen LogP contribution < -0.4 is 15.6 Å². The largest absolute Gasteiger partial charge is 0.497 e. The molecule has 0 atom stereocenters. The van der Waals surface area contributed by atoms with E-state index in [4.69, 9.17) is 4.74 Å². The molecule has 0 aromatic heterocycles. The lowest BCUT2D eigenvalue weighted by Gasteiger charge is -2.09. The van der Waals surface area contributed by atoms with E-state index in [2.05, 4.69) is 10.9 Å². The van der Waals surface area contributed by atoms with E-state index in [9.17, 15) is 25.0 Å². The molecule has 2 N–H and O–H groups in total. The van der Waals surface area contributed by atoms with Gasteiger partial charge in [-0.15, -0.1) is 0 Å². The number of nitrogens with zero attached hydrogens (tertiary/aromatic N) is 2. The average molecular weight is 332 g/mol. The van der Waals surface area contributed by atoms with Gasteiger partial charge < -0.3 is 4.74 Å². The Balaban J connectivity index is 2.14. The number of non-ortho nitro benzene ring substituents is 1. The minimum atomic E-state index is -0.783. The Morgan fingerprint density at radius 3 is 2.25 bits per heavy atom. The molecule has 0 aliphatic carbocycles. The van der Waals surface area contributed by atoms with Crippen LogP contribution in [0.2, 0.25) is 0 Å². The zero-order valence-electron chi connectivity index (χ0n) is 12.4. The second-order valence-corrected chi connectivity index (χ2v) is 4.52. The molecule has 0 bridgehead atoms.